The molecule has 1 aliphatic heterocycles. The first-order chi connectivity index (χ1) is 15.7. The highest BCUT2D eigenvalue weighted by atomic mass is 35.5. The lowest BCUT2D eigenvalue weighted by atomic mass is 10.00. The van der Waals surface area contributed by atoms with Crippen LogP contribution in [0, 0.1) is 13.8 Å². The average molecular weight is 479 g/mol. The molecular weight excluding hydrogens is 457 g/mol. The van der Waals surface area contributed by atoms with Gasteiger partial charge in [-0.05, 0) is 37.1 Å². The number of halogens is 4. The number of aromatic nitrogens is 3. The summed E-state index contributed by atoms with van der Waals surface area (Å²) in [4.78, 5) is 23.4. The van der Waals surface area contributed by atoms with Crippen molar-refractivity contribution in [3.05, 3.63) is 70.0 Å². The zero-order chi connectivity index (χ0) is 23.8. The van der Waals surface area contributed by atoms with Crippen LogP contribution in [0.1, 0.15) is 33.1 Å². The molecule has 10 heteroatoms. The Balaban J connectivity index is 1.96. The monoisotopic (exact) mass is 478 g/mol. The van der Waals surface area contributed by atoms with Crippen molar-refractivity contribution in [1.82, 2.24) is 19.4 Å². The Morgan fingerprint density at radius 3 is 2.27 bits per heavy atom. The van der Waals surface area contributed by atoms with Crippen molar-refractivity contribution >= 4 is 17.5 Å². The highest BCUT2D eigenvalue weighted by molar-refractivity contribution is 6.30. The first-order valence-electron chi connectivity index (χ1n) is 10.4. The van der Waals surface area contributed by atoms with Crippen LogP contribution >= 0.6 is 11.6 Å². The van der Waals surface area contributed by atoms with Gasteiger partial charge in [0.05, 0.1) is 19.8 Å². The van der Waals surface area contributed by atoms with E-state index in [0.717, 1.165) is 4.57 Å². The molecule has 1 aliphatic rings. The van der Waals surface area contributed by atoms with Gasteiger partial charge in [0.1, 0.15) is 17.2 Å². The summed E-state index contributed by atoms with van der Waals surface area (Å²) in [5.41, 5.74) is 0.268. The molecule has 1 saturated heterocycles. The van der Waals surface area contributed by atoms with Crippen LogP contribution in [0.2, 0.25) is 5.02 Å². The van der Waals surface area contributed by atoms with Crippen LogP contribution in [-0.2, 0) is 17.5 Å². The summed E-state index contributed by atoms with van der Waals surface area (Å²) in [7, 11) is 0. The number of hydrogen-bond acceptors (Lipinski definition) is 4. The van der Waals surface area contributed by atoms with Gasteiger partial charge in [0, 0.05) is 41.6 Å². The maximum Gasteiger partial charge on any atom is 0.431 e. The molecule has 33 heavy (non-hydrogen) atoms. The number of amides is 1. The fourth-order valence-electron chi connectivity index (χ4n) is 4.06. The van der Waals surface area contributed by atoms with Gasteiger partial charge < -0.3 is 14.2 Å². The van der Waals surface area contributed by atoms with Gasteiger partial charge in [-0.1, -0.05) is 23.7 Å². The van der Waals surface area contributed by atoms with E-state index in [0.29, 0.717) is 48.3 Å². The topological polar surface area (TPSA) is 60.2 Å². The van der Waals surface area contributed by atoms with Gasteiger partial charge in [0.15, 0.2) is 0 Å². The number of carbonyl (C=O) groups is 1. The largest absolute Gasteiger partial charge is 0.431 e. The molecule has 2 aromatic heterocycles. The molecule has 1 aromatic carbocycles. The highest BCUT2D eigenvalue weighted by Gasteiger charge is 2.42. The first-order valence-corrected chi connectivity index (χ1v) is 10.8. The number of alkyl halides is 3. The smallest absolute Gasteiger partial charge is 0.378 e. The molecule has 174 valence electrons. The molecule has 0 unspecified atom stereocenters. The van der Waals surface area contributed by atoms with Crippen molar-refractivity contribution in [2.75, 3.05) is 26.3 Å². The Morgan fingerprint density at radius 1 is 1.09 bits per heavy atom. The van der Waals surface area contributed by atoms with Crippen LogP contribution in [0.15, 0.2) is 36.7 Å². The van der Waals surface area contributed by atoms with Gasteiger partial charge in [-0.3, -0.25) is 4.79 Å². The molecule has 1 fully saturated rings. The molecule has 0 bridgehead atoms. The van der Waals surface area contributed by atoms with Crippen molar-refractivity contribution in [2.24, 2.45) is 0 Å². The molecule has 0 aliphatic carbocycles. The fourth-order valence-corrected chi connectivity index (χ4v) is 4.19. The lowest BCUT2D eigenvalue weighted by molar-refractivity contribution is -0.143. The van der Waals surface area contributed by atoms with Gasteiger partial charge in [-0.2, -0.15) is 13.2 Å². The summed E-state index contributed by atoms with van der Waals surface area (Å²) in [6.07, 6.45) is -1.73. The lowest BCUT2D eigenvalue weighted by Crippen LogP contribution is -2.41. The van der Waals surface area contributed by atoms with Gasteiger partial charge in [-0.25, -0.2) is 9.97 Å². The second-order valence-electron chi connectivity index (χ2n) is 7.83. The zero-order valence-corrected chi connectivity index (χ0v) is 18.9. The number of benzene rings is 1. The van der Waals surface area contributed by atoms with Crippen molar-refractivity contribution in [3.8, 4) is 11.1 Å². The van der Waals surface area contributed by atoms with E-state index in [1.165, 1.54) is 24.2 Å². The predicted molar refractivity (Wildman–Crippen MR) is 117 cm³/mol. The van der Waals surface area contributed by atoms with Crippen molar-refractivity contribution < 1.29 is 22.7 Å². The Hall–Kier alpha value is -2.91. The molecule has 6 nitrogen and oxygen atoms in total. The highest BCUT2D eigenvalue weighted by Crippen LogP contribution is 2.42. The minimum Gasteiger partial charge on any atom is -0.378 e. The minimum absolute atomic E-state index is 0.0190. The number of rotatable bonds is 4. The maximum atomic E-state index is 14.3. The first kappa shape index (κ1) is 23.3. The third-order valence-electron chi connectivity index (χ3n) is 5.58. The summed E-state index contributed by atoms with van der Waals surface area (Å²) < 4.78 is 49.4. The second kappa shape index (κ2) is 9.15. The summed E-state index contributed by atoms with van der Waals surface area (Å²) in [5, 5.41) is 0.449. The second-order valence-corrected chi connectivity index (χ2v) is 8.27. The fraction of sp³-hybridized carbons (Fsp3) is 0.348. The molecule has 0 saturated carbocycles. The van der Waals surface area contributed by atoms with Crippen LogP contribution < -0.4 is 0 Å². The molecular formula is C23H22ClF3N4O2. The van der Waals surface area contributed by atoms with Crippen LogP contribution in [0.4, 0.5) is 13.2 Å². The summed E-state index contributed by atoms with van der Waals surface area (Å²) in [6.45, 7) is 4.16. The normalized spacial score (nSPS) is 14.5. The quantitative estimate of drug-likeness (QED) is 0.542. The molecule has 0 N–H and O–H groups in total. The number of aryl methyl sites for hydroxylation is 1. The van der Waals surface area contributed by atoms with Crippen LogP contribution in [0.3, 0.4) is 0 Å². The number of hydrogen-bond donors (Lipinski definition) is 0. The molecule has 4 rings (SSSR count). The SMILES string of the molecule is Cc1ncc(Cn2c(C(=O)N3CCOCC3)c(-c3ccc(Cl)cc3)c(C)c2C(F)(F)F)cn1. The summed E-state index contributed by atoms with van der Waals surface area (Å²) in [6, 6.07) is 6.44. The Labute approximate surface area is 194 Å². The van der Waals surface area contributed by atoms with Crippen LogP contribution in [0.25, 0.3) is 11.1 Å². The maximum absolute atomic E-state index is 14.3. The van der Waals surface area contributed by atoms with Crippen molar-refractivity contribution in [1.29, 1.82) is 0 Å². The van der Waals surface area contributed by atoms with Crippen molar-refractivity contribution in [3.63, 3.8) is 0 Å². The molecule has 0 atom stereocenters. The molecule has 1 amide bonds. The van der Waals surface area contributed by atoms with E-state index in [1.807, 2.05) is 0 Å². The third kappa shape index (κ3) is 4.74. The van der Waals surface area contributed by atoms with Gasteiger partial charge >= 0.3 is 6.18 Å². The van der Waals surface area contributed by atoms with Crippen molar-refractivity contribution in [2.45, 2.75) is 26.6 Å². The Morgan fingerprint density at radius 2 is 1.70 bits per heavy atom. The summed E-state index contributed by atoms with van der Waals surface area (Å²) in [5.74, 6) is 0.0276. The third-order valence-corrected chi connectivity index (χ3v) is 5.84. The molecule has 0 radical (unpaired) electrons. The van der Waals surface area contributed by atoms with E-state index in [9.17, 15) is 18.0 Å². The number of morpholine rings is 1. The molecule has 3 heterocycles. The standard InChI is InChI=1S/C23H22ClF3N4O2/c1-14-19(17-3-5-18(24)6-4-17)20(22(32)30-7-9-33-10-8-30)31(21(14)23(25,26)27)13-16-11-28-15(2)29-12-16/h3-6,11-12H,7-10,13H2,1-2H3. The predicted octanol–water partition coefficient (Wildman–Crippen LogP) is 4.75. The van der Waals surface area contributed by atoms with Gasteiger partial charge in [0.25, 0.3) is 5.91 Å². The van der Waals surface area contributed by atoms with E-state index in [1.54, 1.807) is 31.2 Å². The number of ether oxygens (including phenoxy) is 1. The van der Waals surface area contributed by atoms with E-state index < -0.39 is 17.8 Å². The number of nitrogens with zero attached hydrogens (tertiary/aromatic N) is 4. The average Bonchev–Trinajstić information content (AvgIpc) is 3.08. The molecule has 3 aromatic rings. The lowest BCUT2D eigenvalue weighted by Gasteiger charge is -2.28. The van der Waals surface area contributed by atoms with Gasteiger partial charge in [-0.15, -0.1) is 0 Å². The minimum atomic E-state index is -4.68. The van der Waals surface area contributed by atoms with E-state index in [4.69, 9.17) is 16.3 Å². The van der Waals surface area contributed by atoms with Crippen LogP contribution in [-0.4, -0.2) is 51.6 Å². The zero-order valence-electron chi connectivity index (χ0n) is 18.1. The van der Waals surface area contributed by atoms with Crippen LogP contribution in [0.5, 0.6) is 0 Å². The number of carbonyl (C=O) groups excluding carboxylic acids is 1. The Bertz CT molecular complexity index is 1150. The van der Waals surface area contributed by atoms with E-state index in [2.05, 4.69) is 9.97 Å². The summed E-state index contributed by atoms with van der Waals surface area (Å²) >= 11 is 6.00. The van der Waals surface area contributed by atoms with Gasteiger partial charge in [0.2, 0.25) is 0 Å². The van der Waals surface area contributed by atoms with E-state index in [-0.39, 0.29) is 23.4 Å². The van der Waals surface area contributed by atoms with E-state index >= 15 is 0 Å². The molecule has 0 spiro atoms. The Kier molecular flexibility index (Phi) is 6.45.